The predicted molar refractivity (Wildman–Crippen MR) is 117 cm³/mol. The first kappa shape index (κ1) is 22.2. The molecule has 3 N–H and O–H groups in total. The second kappa shape index (κ2) is 9.14. The van der Waals surface area contributed by atoms with Gasteiger partial charge in [-0.2, -0.15) is 0 Å². The van der Waals surface area contributed by atoms with Gasteiger partial charge in [0.2, 0.25) is 5.91 Å². The number of hydrogen-bond acceptors (Lipinski definition) is 3. The summed E-state index contributed by atoms with van der Waals surface area (Å²) >= 11 is 6.40. The van der Waals surface area contributed by atoms with Crippen molar-refractivity contribution in [1.82, 2.24) is 4.90 Å². The maximum Gasteiger partial charge on any atom is 0.255 e. The van der Waals surface area contributed by atoms with Crippen LogP contribution in [-0.4, -0.2) is 29.8 Å². The van der Waals surface area contributed by atoms with E-state index >= 15 is 0 Å². The zero-order valence-corrected chi connectivity index (χ0v) is 18.0. The van der Waals surface area contributed by atoms with Crippen LogP contribution < -0.4 is 11.1 Å². The Morgan fingerprint density at radius 2 is 1.87 bits per heavy atom. The van der Waals surface area contributed by atoms with Crippen molar-refractivity contribution < 1.29 is 14.0 Å². The van der Waals surface area contributed by atoms with Crippen LogP contribution in [0.3, 0.4) is 0 Å². The van der Waals surface area contributed by atoms with Crippen molar-refractivity contribution >= 4 is 29.1 Å². The van der Waals surface area contributed by atoms with E-state index in [0.717, 1.165) is 18.4 Å². The lowest BCUT2D eigenvalue weighted by Crippen LogP contribution is -2.42. The van der Waals surface area contributed by atoms with Gasteiger partial charge in [-0.15, -0.1) is 0 Å². The molecule has 0 atom stereocenters. The van der Waals surface area contributed by atoms with Crippen LogP contribution in [0, 0.1) is 17.2 Å². The normalized spacial score (nSPS) is 13.8. The van der Waals surface area contributed by atoms with E-state index in [1.165, 1.54) is 24.3 Å². The van der Waals surface area contributed by atoms with Gasteiger partial charge < -0.3 is 16.0 Å². The van der Waals surface area contributed by atoms with Crippen LogP contribution in [0.1, 0.15) is 42.6 Å². The van der Waals surface area contributed by atoms with E-state index < -0.39 is 5.82 Å². The molecule has 2 aromatic rings. The number of rotatable bonds is 8. The minimum atomic E-state index is -0.402. The molecule has 1 aliphatic carbocycles. The quantitative estimate of drug-likeness (QED) is 0.648. The third kappa shape index (κ3) is 5.80. The molecule has 0 aliphatic heterocycles. The molecule has 1 aliphatic rings. The Labute approximate surface area is 181 Å². The van der Waals surface area contributed by atoms with Gasteiger partial charge >= 0.3 is 0 Å². The molecular weight excluding hydrogens is 405 g/mol. The monoisotopic (exact) mass is 431 g/mol. The van der Waals surface area contributed by atoms with Crippen LogP contribution in [0.5, 0.6) is 0 Å². The van der Waals surface area contributed by atoms with Crippen molar-refractivity contribution in [2.75, 3.05) is 18.4 Å². The summed E-state index contributed by atoms with van der Waals surface area (Å²) in [4.78, 5) is 27.1. The summed E-state index contributed by atoms with van der Waals surface area (Å²) < 4.78 is 13.1. The highest BCUT2D eigenvalue weighted by molar-refractivity contribution is 6.31. The van der Waals surface area contributed by atoms with Gasteiger partial charge in [-0.25, -0.2) is 4.39 Å². The summed E-state index contributed by atoms with van der Waals surface area (Å²) in [6.07, 6.45) is 1.83. The van der Waals surface area contributed by atoms with E-state index in [-0.39, 0.29) is 23.1 Å². The zero-order chi connectivity index (χ0) is 21.9. The molecule has 0 saturated heterocycles. The molecule has 2 aromatic carbocycles. The summed E-state index contributed by atoms with van der Waals surface area (Å²) in [7, 11) is 0. The van der Waals surface area contributed by atoms with Crippen LogP contribution in [0.25, 0.3) is 0 Å². The largest absolute Gasteiger partial charge is 0.337 e. The fourth-order valence-corrected chi connectivity index (χ4v) is 3.34. The number of anilines is 1. The molecule has 1 saturated carbocycles. The molecule has 0 aromatic heterocycles. The highest BCUT2D eigenvalue weighted by Gasteiger charge is 2.35. The number of nitrogens with one attached hydrogen (secondary N) is 1. The topological polar surface area (TPSA) is 75.4 Å². The molecule has 5 nitrogen and oxygen atoms in total. The first-order valence-electron chi connectivity index (χ1n) is 10.0. The van der Waals surface area contributed by atoms with Crippen molar-refractivity contribution in [3.05, 3.63) is 64.4 Å². The van der Waals surface area contributed by atoms with Crippen LogP contribution in [0.2, 0.25) is 5.02 Å². The molecule has 2 amide bonds. The smallest absolute Gasteiger partial charge is 0.255 e. The fraction of sp³-hybridized carbons (Fsp3) is 0.391. The second-order valence-corrected chi connectivity index (χ2v) is 9.01. The summed E-state index contributed by atoms with van der Waals surface area (Å²) in [6.45, 7) is 5.39. The van der Waals surface area contributed by atoms with Gasteiger partial charge in [0.1, 0.15) is 5.82 Å². The Morgan fingerprint density at radius 1 is 1.20 bits per heavy atom. The number of hydrogen-bond donors (Lipinski definition) is 2. The minimum Gasteiger partial charge on any atom is -0.337 e. The van der Waals surface area contributed by atoms with Gasteiger partial charge in [0, 0.05) is 35.3 Å². The van der Waals surface area contributed by atoms with Gasteiger partial charge in [-0.1, -0.05) is 25.4 Å². The summed E-state index contributed by atoms with van der Waals surface area (Å²) in [5.41, 5.74) is 7.31. The van der Waals surface area contributed by atoms with E-state index in [9.17, 15) is 14.0 Å². The molecule has 0 spiro atoms. The highest BCUT2D eigenvalue weighted by atomic mass is 35.5. The van der Waals surface area contributed by atoms with E-state index in [1.54, 1.807) is 18.2 Å². The Bertz CT molecular complexity index is 927. The standard InChI is InChI=1S/C23H27ClFN3O2/c1-23(2,13-26)14-28(22(30)16-3-4-16)12-17-11-19(9-10-20(17)24)27-21(29)15-5-7-18(25)8-6-15/h5-11,16H,3-4,12-14,26H2,1-2H3,(H,27,29). The van der Waals surface area contributed by atoms with Gasteiger partial charge in [0.15, 0.2) is 0 Å². The molecule has 1 fully saturated rings. The number of nitrogens with two attached hydrogens (primary N) is 1. The molecule has 0 unspecified atom stereocenters. The second-order valence-electron chi connectivity index (χ2n) is 8.60. The molecule has 0 radical (unpaired) electrons. The van der Waals surface area contributed by atoms with Crippen LogP contribution in [0.4, 0.5) is 10.1 Å². The Morgan fingerprint density at radius 3 is 2.47 bits per heavy atom. The number of benzene rings is 2. The van der Waals surface area contributed by atoms with E-state index in [4.69, 9.17) is 17.3 Å². The molecule has 3 rings (SSSR count). The average Bonchev–Trinajstić information content (AvgIpc) is 3.55. The lowest BCUT2D eigenvalue weighted by Gasteiger charge is -2.32. The van der Waals surface area contributed by atoms with E-state index in [1.807, 2.05) is 18.7 Å². The molecule has 7 heteroatoms. The number of amides is 2. The van der Waals surface area contributed by atoms with E-state index in [0.29, 0.717) is 35.9 Å². The van der Waals surface area contributed by atoms with Gasteiger partial charge in [-0.05, 0) is 72.8 Å². The molecule has 160 valence electrons. The Hall–Kier alpha value is -2.44. The van der Waals surface area contributed by atoms with Crippen molar-refractivity contribution in [1.29, 1.82) is 0 Å². The first-order valence-corrected chi connectivity index (χ1v) is 10.4. The number of carbonyl (C=O) groups excluding carboxylic acids is 2. The minimum absolute atomic E-state index is 0.0821. The maximum absolute atomic E-state index is 13.1. The SMILES string of the molecule is CC(C)(CN)CN(Cc1cc(NC(=O)c2ccc(F)cc2)ccc1Cl)C(=O)C1CC1. The highest BCUT2D eigenvalue weighted by Crippen LogP contribution is 2.33. The van der Waals surface area contributed by atoms with Crippen LogP contribution in [0.15, 0.2) is 42.5 Å². The maximum atomic E-state index is 13.1. The summed E-state index contributed by atoms with van der Waals surface area (Å²) in [5.74, 6) is -0.549. The van der Waals surface area contributed by atoms with Crippen LogP contribution in [-0.2, 0) is 11.3 Å². The Kier molecular flexibility index (Phi) is 6.78. The first-order chi connectivity index (χ1) is 14.2. The molecule has 30 heavy (non-hydrogen) atoms. The number of nitrogens with zero attached hydrogens (tertiary/aromatic N) is 1. The lowest BCUT2D eigenvalue weighted by molar-refractivity contribution is -0.134. The van der Waals surface area contributed by atoms with Gasteiger partial charge in [0.05, 0.1) is 0 Å². The fourth-order valence-electron chi connectivity index (χ4n) is 3.17. The van der Waals surface area contributed by atoms with Gasteiger partial charge in [0.25, 0.3) is 5.91 Å². The number of carbonyl (C=O) groups is 2. The third-order valence-corrected chi connectivity index (χ3v) is 5.55. The summed E-state index contributed by atoms with van der Waals surface area (Å²) in [6, 6.07) is 10.5. The van der Waals surface area contributed by atoms with Gasteiger partial charge in [-0.3, -0.25) is 9.59 Å². The molecule has 0 heterocycles. The van der Waals surface area contributed by atoms with Crippen molar-refractivity contribution in [3.63, 3.8) is 0 Å². The third-order valence-electron chi connectivity index (χ3n) is 5.18. The van der Waals surface area contributed by atoms with Crippen LogP contribution >= 0.6 is 11.6 Å². The van der Waals surface area contributed by atoms with Crippen molar-refractivity contribution in [2.24, 2.45) is 17.1 Å². The zero-order valence-electron chi connectivity index (χ0n) is 17.3. The predicted octanol–water partition coefficient (Wildman–Crippen LogP) is 4.45. The van der Waals surface area contributed by atoms with Crippen molar-refractivity contribution in [2.45, 2.75) is 33.2 Å². The molecular formula is C23H27ClFN3O2. The average molecular weight is 432 g/mol. The van der Waals surface area contributed by atoms with E-state index in [2.05, 4.69) is 5.32 Å². The summed E-state index contributed by atoms with van der Waals surface area (Å²) in [5, 5.41) is 3.32. The Balaban J connectivity index is 1.77. The number of halogens is 2. The van der Waals surface area contributed by atoms with Crippen molar-refractivity contribution in [3.8, 4) is 0 Å². The lowest BCUT2D eigenvalue weighted by atomic mass is 9.92. The molecule has 0 bridgehead atoms.